The molecule has 0 unspecified atom stereocenters. The van der Waals surface area contributed by atoms with Crippen LogP contribution in [0.4, 0.5) is 0 Å². The van der Waals surface area contributed by atoms with E-state index in [0.29, 0.717) is 0 Å². The Kier molecular flexibility index (Phi) is 10.3. The van der Waals surface area contributed by atoms with E-state index in [2.05, 4.69) is 43.1 Å². The molecule has 0 fully saturated rings. The first-order chi connectivity index (χ1) is 21.7. The quantitative estimate of drug-likeness (QED) is 0.135. The van der Waals surface area contributed by atoms with Crippen LogP contribution >= 0.6 is 0 Å². The fourth-order valence-electron chi connectivity index (χ4n) is 4.78. The molecule has 0 aliphatic heterocycles. The van der Waals surface area contributed by atoms with Gasteiger partial charge in [0.15, 0.2) is 0 Å². The van der Waals surface area contributed by atoms with Crippen LogP contribution in [0.3, 0.4) is 0 Å². The van der Waals surface area contributed by atoms with Gasteiger partial charge in [0, 0.05) is 78.0 Å². The maximum absolute atomic E-state index is 4.70. The van der Waals surface area contributed by atoms with E-state index in [4.69, 9.17) is 9.97 Å². The van der Waals surface area contributed by atoms with Crippen molar-refractivity contribution in [3.05, 3.63) is 152 Å². The minimum atomic E-state index is 0. The maximum Gasteiger partial charge on any atom is 0.0990 e. The predicted octanol–water partition coefficient (Wildman–Crippen LogP) is 8.23. The molecular weight excluding hydrogens is 644 g/mol. The fourth-order valence-corrected chi connectivity index (χ4v) is 4.78. The predicted molar refractivity (Wildman–Crippen MR) is 177 cm³/mol. The van der Waals surface area contributed by atoms with Gasteiger partial charge >= 0.3 is 0 Å². The van der Waals surface area contributed by atoms with Gasteiger partial charge in [0.05, 0.1) is 39.3 Å². The van der Waals surface area contributed by atoms with Crippen molar-refractivity contribution in [1.82, 2.24) is 34.9 Å². The Hall–Kier alpha value is -5.33. The Bertz CT molecular complexity index is 1900. The van der Waals surface area contributed by atoms with Crippen LogP contribution in [0.2, 0.25) is 0 Å². The Morgan fingerprint density at radius 3 is 1.13 bits per heavy atom. The Labute approximate surface area is 274 Å². The Balaban J connectivity index is 0.000000139. The Morgan fingerprint density at radius 1 is 0.333 bits per heavy atom. The first-order valence-corrected chi connectivity index (χ1v) is 14.2. The largest absolute Gasteiger partial charge is 0.256 e. The van der Waals surface area contributed by atoms with Crippen molar-refractivity contribution in [2.24, 2.45) is 0 Å². The molecule has 0 saturated carbocycles. The molecular formula is C37H29N7Ru. The summed E-state index contributed by atoms with van der Waals surface area (Å²) < 4.78 is 0. The number of nitrogens with zero attached hydrogens (tertiary/aromatic N) is 7. The van der Waals surface area contributed by atoms with Crippen LogP contribution in [0.1, 0.15) is 11.4 Å². The first-order valence-electron chi connectivity index (χ1n) is 14.2. The van der Waals surface area contributed by atoms with E-state index in [1.54, 1.807) is 24.8 Å². The van der Waals surface area contributed by atoms with E-state index in [-0.39, 0.29) is 19.5 Å². The number of aryl methyl sites for hydroxylation is 2. The van der Waals surface area contributed by atoms with Gasteiger partial charge in [-0.15, -0.1) is 0 Å². The number of hydrogen-bond acceptors (Lipinski definition) is 7. The zero-order valence-corrected chi connectivity index (χ0v) is 26.5. The van der Waals surface area contributed by atoms with E-state index in [0.717, 1.165) is 66.9 Å². The molecule has 8 rings (SSSR count). The zero-order chi connectivity index (χ0) is 30.1. The van der Waals surface area contributed by atoms with Gasteiger partial charge in [-0.25, -0.2) is 0 Å². The van der Waals surface area contributed by atoms with Crippen LogP contribution in [0.25, 0.3) is 55.5 Å². The molecule has 7 heterocycles. The topological polar surface area (TPSA) is 90.2 Å². The van der Waals surface area contributed by atoms with Gasteiger partial charge in [-0.1, -0.05) is 36.4 Å². The minimum Gasteiger partial charge on any atom is -0.256 e. The molecule has 0 spiro atoms. The minimum absolute atomic E-state index is 0. The Morgan fingerprint density at radius 2 is 0.711 bits per heavy atom. The summed E-state index contributed by atoms with van der Waals surface area (Å²) in [6, 6.07) is 35.5. The summed E-state index contributed by atoms with van der Waals surface area (Å²) in [5, 5.41) is 3.31. The van der Waals surface area contributed by atoms with Gasteiger partial charge < -0.3 is 0 Å². The molecule has 0 saturated heterocycles. The van der Waals surface area contributed by atoms with Gasteiger partial charge in [-0.3, -0.25) is 34.9 Å². The van der Waals surface area contributed by atoms with E-state index in [9.17, 15) is 0 Å². The summed E-state index contributed by atoms with van der Waals surface area (Å²) >= 11 is 0. The monoisotopic (exact) mass is 673 g/mol. The molecule has 7 aromatic heterocycles. The third-order valence-electron chi connectivity index (χ3n) is 6.83. The van der Waals surface area contributed by atoms with Crippen LogP contribution in [0.5, 0.6) is 0 Å². The van der Waals surface area contributed by atoms with Crippen molar-refractivity contribution >= 4 is 32.7 Å². The smallest absolute Gasteiger partial charge is 0.0990 e. The van der Waals surface area contributed by atoms with Gasteiger partial charge in [0.1, 0.15) is 0 Å². The number of benzene rings is 1. The second-order valence-corrected chi connectivity index (χ2v) is 9.96. The summed E-state index contributed by atoms with van der Waals surface area (Å²) in [4.78, 5) is 30.7. The second-order valence-electron chi connectivity index (χ2n) is 9.96. The number of pyridine rings is 7. The molecule has 45 heavy (non-hydrogen) atoms. The fraction of sp³-hybridized carbons (Fsp3) is 0.0541. The van der Waals surface area contributed by atoms with E-state index in [1.807, 2.05) is 111 Å². The van der Waals surface area contributed by atoms with Crippen molar-refractivity contribution in [1.29, 1.82) is 0 Å². The van der Waals surface area contributed by atoms with Crippen LogP contribution in [0, 0.1) is 13.8 Å². The third-order valence-corrected chi connectivity index (χ3v) is 6.83. The number of fused-ring (bicyclic) bond motifs is 6. The molecule has 220 valence electrons. The second kappa shape index (κ2) is 14.9. The van der Waals surface area contributed by atoms with Crippen LogP contribution in [-0.4, -0.2) is 34.9 Å². The van der Waals surface area contributed by atoms with Crippen LogP contribution in [-0.2, 0) is 19.5 Å². The van der Waals surface area contributed by atoms with Crippen LogP contribution in [0.15, 0.2) is 140 Å². The van der Waals surface area contributed by atoms with Crippen LogP contribution < -0.4 is 0 Å². The van der Waals surface area contributed by atoms with Crippen molar-refractivity contribution in [2.45, 2.75) is 13.8 Å². The van der Waals surface area contributed by atoms with Gasteiger partial charge in [-0.05, 0) is 86.6 Å². The molecule has 0 aliphatic rings. The summed E-state index contributed by atoms with van der Waals surface area (Å²) in [7, 11) is 0. The van der Waals surface area contributed by atoms with Crippen molar-refractivity contribution in [3.8, 4) is 22.8 Å². The van der Waals surface area contributed by atoms with E-state index >= 15 is 0 Å². The molecule has 8 heteroatoms. The standard InChI is InChI=1S/C17H13N3.2C10H8N2.Ru/c1-10-5-7-13-12-4-3-9-18-15(12)14-8-6-11(2)20-17(14)16(13)19-10;2*1-3-7-11-9(5-1)10-6-2-4-8-12-10;/h3-9H,1-2H3;2*1-8H;. The number of aromatic nitrogens is 7. The van der Waals surface area contributed by atoms with E-state index < -0.39 is 0 Å². The van der Waals surface area contributed by atoms with Crippen molar-refractivity contribution < 1.29 is 19.5 Å². The maximum atomic E-state index is 4.70. The molecule has 0 aliphatic carbocycles. The zero-order valence-electron chi connectivity index (χ0n) is 24.8. The normalized spacial score (nSPS) is 10.3. The molecule has 0 amide bonds. The number of hydrogen-bond donors (Lipinski definition) is 0. The SMILES string of the molecule is Cc1ccc2c3cccnc3c3ccc(C)nc3c2n1.[Ru].c1ccc(-c2ccccn2)nc1.c1ccc(-c2ccccn2)nc1. The molecule has 7 nitrogen and oxygen atoms in total. The molecule has 0 N–H and O–H groups in total. The molecule has 0 radical (unpaired) electrons. The molecule has 0 bridgehead atoms. The molecule has 8 aromatic rings. The van der Waals surface area contributed by atoms with Crippen molar-refractivity contribution in [2.75, 3.05) is 0 Å². The summed E-state index contributed by atoms with van der Waals surface area (Å²) in [6.07, 6.45) is 8.90. The molecule has 1 aromatic carbocycles. The summed E-state index contributed by atoms with van der Waals surface area (Å²) in [6.45, 7) is 4.01. The number of rotatable bonds is 2. The molecule has 0 atom stereocenters. The average Bonchev–Trinajstić information content (AvgIpc) is 3.10. The average molecular weight is 673 g/mol. The summed E-state index contributed by atoms with van der Waals surface area (Å²) in [5.41, 5.74) is 8.56. The third kappa shape index (κ3) is 7.43. The first kappa shape index (κ1) is 31.1. The van der Waals surface area contributed by atoms with Gasteiger partial charge in [0.2, 0.25) is 0 Å². The summed E-state index contributed by atoms with van der Waals surface area (Å²) in [5.74, 6) is 0. The van der Waals surface area contributed by atoms with Gasteiger partial charge in [-0.2, -0.15) is 0 Å². The van der Waals surface area contributed by atoms with Gasteiger partial charge in [0.25, 0.3) is 0 Å². The van der Waals surface area contributed by atoms with E-state index in [1.165, 1.54) is 0 Å². The van der Waals surface area contributed by atoms with Crippen molar-refractivity contribution in [3.63, 3.8) is 0 Å².